The van der Waals surface area contributed by atoms with Crippen LogP contribution in [0.4, 0.5) is 0 Å². The Morgan fingerprint density at radius 1 is 1.36 bits per heavy atom. The van der Waals surface area contributed by atoms with E-state index in [2.05, 4.69) is 15.0 Å². The number of carbonyl (C=O) groups is 1. The summed E-state index contributed by atoms with van der Waals surface area (Å²) in [6.45, 7) is 1.20. The number of hydrogen-bond donors (Lipinski definition) is 1. The van der Waals surface area contributed by atoms with Gasteiger partial charge in [-0.25, -0.2) is 4.98 Å². The van der Waals surface area contributed by atoms with Gasteiger partial charge in [-0.2, -0.15) is 0 Å². The van der Waals surface area contributed by atoms with Crippen LogP contribution in [0.1, 0.15) is 21.7 Å². The Morgan fingerprint density at radius 3 is 3.09 bits per heavy atom. The molecule has 1 amide bonds. The maximum Gasteiger partial charge on any atom is 0.257 e. The van der Waals surface area contributed by atoms with Crippen molar-refractivity contribution in [1.29, 1.82) is 0 Å². The van der Waals surface area contributed by atoms with Crippen LogP contribution < -0.4 is 0 Å². The summed E-state index contributed by atoms with van der Waals surface area (Å²) in [7, 11) is 0. The number of hydrogen-bond acceptors (Lipinski definition) is 4. The molecule has 6 nitrogen and oxygen atoms in total. The minimum Gasteiger partial charge on any atom is -0.472 e. The van der Waals surface area contributed by atoms with Gasteiger partial charge in [0.25, 0.3) is 5.91 Å². The smallest absolute Gasteiger partial charge is 0.257 e. The summed E-state index contributed by atoms with van der Waals surface area (Å²) in [6, 6.07) is 5.53. The van der Waals surface area contributed by atoms with Crippen molar-refractivity contribution in [1.82, 2.24) is 19.9 Å². The van der Waals surface area contributed by atoms with E-state index in [9.17, 15) is 4.79 Å². The Balaban J connectivity index is 1.59. The first kappa shape index (κ1) is 12.8. The van der Waals surface area contributed by atoms with Crippen LogP contribution in [0, 0.1) is 0 Å². The van der Waals surface area contributed by atoms with E-state index in [4.69, 9.17) is 4.42 Å². The van der Waals surface area contributed by atoms with Gasteiger partial charge in [0.1, 0.15) is 12.1 Å². The zero-order valence-corrected chi connectivity index (χ0v) is 11.8. The van der Waals surface area contributed by atoms with E-state index in [1.165, 1.54) is 12.5 Å². The maximum absolute atomic E-state index is 12.4. The van der Waals surface area contributed by atoms with Gasteiger partial charge < -0.3 is 14.3 Å². The summed E-state index contributed by atoms with van der Waals surface area (Å²) in [5, 5.41) is 0. The lowest BCUT2D eigenvalue weighted by Gasteiger charge is -2.25. The van der Waals surface area contributed by atoms with Gasteiger partial charge in [-0.3, -0.25) is 9.78 Å². The van der Waals surface area contributed by atoms with Gasteiger partial charge >= 0.3 is 0 Å². The summed E-state index contributed by atoms with van der Waals surface area (Å²) < 4.78 is 4.98. The fraction of sp³-hybridized carbons (Fsp3) is 0.188. The largest absolute Gasteiger partial charge is 0.472 e. The Bertz CT molecular complexity index is 793. The van der Waals surface area contributed by atoms with Gasteiger partial charge in [0.2, 0.25) is 0 Å². The van der Waals surface area contributed by atoms with E-state index in [0.717, 1.165) is 29.2 Å². The van der Waals surface area contributed by atoms with Gasteiger partial charge in [0, 0.05) is 30.9 Å². The molecule has 0 aliphatic carbocycles. The second kappa shape index (κ2) is 5.14. The molecule has 0 radical (unpaired) electrons. The highest BCUT2D eigenvalue weighted by molar-refractivity contribution is 5.93. The summed E-state index contributed by atoms with van der Waals surface area (Å²) in [5.41, 5.74) is 3.54. The molecule has 0 aromatic carbocycles. The van der Waals surface area contributed by atoms with E-state index >= 15 is 0 Å². The summed E-state index contributed by atoms with van der Waals surface area (Å²) in [4.78, 5) is 26.2. The highest BCUT2D eigenvalue weighted by atomic mass is 16.3. The molecule has 1 aliphatic rings. The second-order valence-corrected chi connectivity index (χ2v) is 5.24. The number of aromatic amines is 1. The third-order valence-corrected chi connectivity index (χ3v) is 3.82. The van der Waals surface area contributed by atoms with E-state index in [-0.39, 0.29) is 5.91 Å². The lowest BCUT2D eigenvalue weighted by atomic mass is 10.1. The molecule has 4 heterocycles. The molecule has 3 aromatic rings. The average molecular weight is 294 g/mol. The normalized spacial score (nSPS) is 13.9. The number of H-pyrrole nitrogens is 1. The van der Waals surface area contributed by atoms with Crippen LogP contribution in [0.2, 0.25) is 0 Å². The highest BCUT2D eigenvalue weighted by Gasteiger charge is 2.25. The molecular formula is C16H14N4O2. The van der Waals surface area contributed by atoms with Crippen LogP contribution in [0.5, 0.6) is 0 Å². The number of fused-ring (bicyclic) bond motifs is 1. The molecule has 110 valence electrons. The van der Waals surface area contributed by atoms with Crippen molar-refractivity contribution in [2.75, 3.05) is 6.54 Å². The molecule has 1 N–H and O–H groups in total. The zero-order chi connectivity index (χ0) is 14.9. The van der Waals surface area contributed by atoms with E-state index in [1.807, 2.05) is 12.1 Å². The van der Waals surface area contributed by atoms with Crippen molar-refractivity contribution >= 4 is 5.91 Å². The van der Waals surface area contributed by atoms with Crippen LogP contribution in [0.3, 0.4) is 0 Å². The third kappa shape index (κ3) is 2.18. The van der Waals surface area contributed by atoms with Crippen molar-refractivity contribution in [2.24, 2.45) is 0 Å². The summed E-state index contributed by atoms with van der Waals surface area (Å²) in [6.07, 6.45) is 7.25. The van der Waals surface area contributed by atoms with E-state index < -0.39 is 0 Å². The SMILES string of the molecule is O=C(c1ccoc1)N1CCc2nc(-c3cccnc3)[nH]c2C1. The molecule has 1 aliphatic heterocycles. The monoisotopic (exact) mass is 294 g/mol. The summed E-state index contributed by atoms with van der Waals surface area (Å²) in [5.74, 6) is 0.785. The minimum absolute atomic E-state index is 0.0167. The van der Waals surface area contributed by atoms with Crippen LogP contribution >= 0.6 is 0 Å². The predicted molar refractivity (Wildman–Crippen MR) is 79.0 cm³/mol. The predicted octanol–water partition coefficient (Wildman–Crippen LogP) is 2.26. The summed E-state index contributed by atoms with van der Waals surface area (Å²) >= 11 is 0. The standard InChI is InChI=1S/C16H14N4O2/c21-16(12-4-7-22-10-12)20-6-3-13-14(9-20)19-15(18-13)11-2-1-5-17-8-11/h1-2,4-5,7-8,10H,3,6,9H2,(H,18,19). The molecule has 0 spiro atoms. The molecule has 0 bridgehead atoms. The molecule has 6 heteroatoms. The van der Waals surface area contributed by atoms with Crippen molar-refractivity contribution in [3.8, 4) is 11.4 Å². The van der Waals surface area contributed by atoms with E-state index in [0.29, 0.717) is 18.7 Å². The number of rotatable bonds is 2. The van der Waals surface area contributed by atoms with Crippen LogP contribution in [-0.2, 0) is 13.0 Å². The molecule has 0 fully saturated rings. The minimum atomic E-state index is -0.0167. The number of pyridine rings is 1. The molecule has 0 atom stereocenters. The molecule has 3 aromatic heterocycles. The Morgan fingerprint density at radius 2 is 2.32 bits per heavy atom. The number of imidazole rings is 1. The molecule has 0 saturated carbocycles. The topological polar surface area (TPSA) is 75.0 Å². The van der Waals surface area contributed by atoms with Gasteiger partial charge in [-0.05, 0) is 18.2 Å². The Kier molecular flexibility index (Phi) is 3.00. The molecule has 4 rings (SSSR count). The zero-order valence-electron chi connectivity index (χ0n) is 11.8. The first-order valence-electron chi connectivity index (χ1n) is 7.11. The first-order valence-corrected chi connectivity index (χ1v) is 7.11. The lowest BCUT2D eigenvalue weighted by molar-refractivity contribution is 0.0731. The van der Waals surface area contributed by atoms with Crippen molar-refractivity contribution in [3.63, 3.8) is 0 Å². The number of furan rings is 1. The molecular weight excluding hydrogens is 280 g/mol. The van der Waals surface area contributed by atoms with Gasteiger partial charge in [-0.15, -0.1) is 0 Å². The van der Waals surface area contributed by atoms with Crippen LogP contribution in [-0.4, -0.2) is 32.3 Å². The number of carbonyl (C=O) groups excluding carboxylic acids is 1. The quantitative estimate of drug-likeness (QED) is 0.786. The molecule has 0 unspecified atom stereocenters. The average Bonchev–Trinajstić information content (AvgIpc) is 3.23. The van der Waals surface area contributed by atoms with Gasteiger partial charge in [0.15, 0.2) is 0 Å². The highest BCUT2D eigenvalue weighted by Crippen LogP contribution is 2.23. The van der Waals surface area contributed by atoms with Crippen LogP contribution in [0.25, 0.3) is 11.4 Å². The van der Waals surface area contributed by atoms with Gasteiger partial charge in [0.05, 0.1) is 29.8 Å². The lowest BCUT2D eigenvalue weighted by Crippen LogP contribution is -2.35. The first-order chi connectivity index (χ1) is 10.8. The fourth-order valence-corrected chi connectivity index (χ4v) is 2.68. The number of amides is 1. The van der Waals surface area contributed by atoms with Crippen molar-refractivity contribution < 1.29 is 9.21 Å². The Labute approximate surface area is 126 Å². The second-order valence-electron chi connectivity index (χ2n) is 5.24. The fourth-order valence-electron chi connectivity index (χ4n) is 2.68. The van der Waals surface area contributed by atoms with E-state index in [1.54, 1.807) is 23.4 Å². The number of aromatic nitrogens is 3. The number of nitrogens with one attached hydrogen (secondary N) is 1. The van der Waals surface area contributed by atoms with Crippen molar-refractivity contribution in [2.45, 2.75) is 13.0 Å². The van der Waals surface area contributed by atoms with Crippen LogP contribution in [0.15, 0.2) is 47.5 Å². The van der Waals surface area contributed by atoms with Gasteiger partial charge in [-0.1, -0.05) is 0 Å². The number of nitrogens with zero attached hydrogens (tertiary/aromatic N) is 3. The third-order valence-electron chi connectivity index (χ3n) is 3.82. The maximum atomic E-state index is 12.4. The molecule has 22 heavy (non-hydrogen) atoms. The van der Waals surface area contributed by atoms with Crippen molar-refractivity contribution in [3.05, 3.63) is 60.1 Å². The Hall–Kier alpha value is -2.89. The molecule has 0 saturated heterocycles.